The molecule has 3 rings (SSSR count). The molecule has 1 saturated heterocycles. The summed E-state index contributed by atoms with van der Waals surface area (Å²) in [6.07, 6.45) is -4.16. The summed E-state index contributed by atoms with van der Waals surface area (Å²) in [5, 5.41) is 3.27. The molecule has 0 radical (unpaired) electrons. The van der Waals surface area contributed by atoms with Gasteiger partial charge in [0.1, 0.15) is 11.6 Å². The number of nitrogens with one attached hydrogen (secondary N) is 1. The van der Waals surface area contributed by atoms with Gasteiger partial charge in [-0.1, -0.05) is 19.1 Å². The molecule has 10 heteroatoms. The summed E-state index contributed by atoms with van der Waals surface area (Å²) in [6.45, 7) is 5.92. The summed E-state index contributed by atoms with van der Waals surface area (Å²) in [7, 11) is 1.28. The van der Waals surface area contributed by atoms with E-state index < -0.39 is 30.0 Å². The summed E-state index contributed by atoms with van der Waals surface area (Å²) in [5.41, 5.74) is 0.823. The number of hydrogen-bond donors (Lipinski definition) is 1. The van der Waals surface area contributed by atoms with Crippen LogP contribution in [0.1, 0.15) is 65.9 Å². The predicted molar refractivity (Wildman–Crippen MR) is 115 cm³/mol. The van der Waals surface area contributed by atoms with Gasteiger partial charge in [-0.15, -0.1) is 0 Å². The highest BCUT2D eigenvalue weighted by molar-refractivity contribution is 5.73. The van der Waals surface area contributed by atoms with Gasteiger partial charge in [0.25, 0.3) is 0 Å². The van der Waals surface area contributed by atoms with E-state index in [0.717, 1.165) is 12.5 Å². The second-order valence-electron chi connectivity index (χ2n) is 7.78. The number of carbonyl (C=O) groups excluding carboxylic acids is 1. The third kappa shape index (κ3) is 5.80. The van der Waals surface area contributed by atoms with Crippen molar-refractivity contribution in [3.05, 3.63) is 52.0 Å². The number of benzene rings is 1. The highest BCUT2D eigenvalue weighted by Crippen LogP contribution is 2.37. The molecule has 180 valence electrons. The fourth-order valence-electron chi connectivity index (χ4n) is 3.90. The number of methoxy groups -OCH3 is 1. The van der Waals surface area contributed by atoms with E-state index in [1.165, 1.54) is 20.1 Å². The van der Waals surface area contributed by atoms with Crippen LogP contribution in [-0.2, 0) is 31.6 Å². The lowest BCUT2D eigenvalue weighted by Crippen LogP contribution is -2.24. The number of carbonyl (C=O) groups is 1. The van der Waals surface area contributed by atoms with Crippen molar-refractivity contribution in [1.29, 1.82) is 0 Å². The van der Waals surface area contributed by atoms with E-state index in [1.807, 2.05) is 6.92 Å². The first-order valence-corrected chi connectivity index (χ1v) is 10.8. The van der Waals surface area contributed by atoms with Gasteiger partial charge in [0.05, 0.1) is 49.6 Å². The molecule has 2 aromatic rings. The first-order chi connectivity index (χ1) is 15.7. The number of anilines is 1. The van der Waals surface area contributed by atoms with Crippen molar-refractivity contribution in [2.45, 2.75) is 58.5 Å². The third-order valence-electron chi connectivity index (χ3n) is 5.51. The van der Waals surface area contributed by atoms with Gasteiger partial charge in [-0.2, -0.15) is 13.2 Å². The molecule has 1 aromatic heterocycles. The van der Waals surface area contributed by atoms with Crippen molar-refractivity contribution < 1.29 is 32.2 Å². The van der Waals surface area contributed by atoms with Crippen molar-refractivity contribution in [3.63, 3.8) is 0 Å². The summed E-state index contributed by atoms with van der Waals surface area (Å²) >= 11 is 0. The number of esters is 1. The quantitative estimate of drug-likeness (QED) is 0.584. The van der Waals surface area contributed by atoms with Gasteiger partial charge in [0, 0.05) is 0 Å². The number of aryl methyl sites for hydroxylation is 1. The normalized spacial score (nSPS) is 15.8. The van der Waals surface area contributed by atoms with Crippen LogP contribution in [-0.4, -0.2) is 36.3 Å². The molecular weight excluding hydrogens is 439 g/mol. The van der Waals surface area contributed by atoms with Crippen LogP contribution in [0, 0.1) is 13.8 Å². The molecule has 2 heterocycles. The zero-order valence-corrected chi connectivity index (χ0v) is 19.1. The average Bonchev–Trinajstić information content (AvgIpc) is 2.77. The van der Waals surface area contributed by atoms with Crippen LogP contribution in [0.25, 0.3) is 0 Å². The van der Waals surface area contributed by atoms with Gasteiger partial charge in [-0.05, 0) is 43.9 Å². The zero-order valence-electron chi connectivity index (χ0n) is 19.1. The molecule has 33 heavy (non-hydrogen) atoms. The van der Waals surface area contributed by atoms with E-state index >= 15 is 0 Å². The number of nitrogens with zero attached hydrogens (tertiary/aromatic N) is 2. The van der Waals surface area contributed by atoms with E-state index in [-0.39, 0.29) is 12.0 Å². The molecule has 7 nitrogen and oxygen atoms in total. The van der Waals surface area contributed by atoms with Crippen molar-refractivity contribution >= 4 is 11.8 Å². The van der Waals surface area contributed by atoms with Crippen LogP contribution in [0.5, 0.6) is 0 Å². The Morgan fingerprint density at radius 2 is 1.94 bits per heavy atom. The van der Waals surface area contributed by atoms with Crippen molar-refractivity contribution in [1.82, 2.24) is 9.97 Å². The van der Waals surface area contributed by atoms with E-state index in [1.54, 1.807) is 13.0 Å². The van der Waals surface area contributed by atoms with E-state index in [4.69, 9.17) is 14.2 Å². The number of aromatic nitrogens is 2. The van der Waals surface area contributed by atoms with Crippen LogP contribution < -0.4 is 5.32 Å². The Kier molecular flexibility index (Phi) is 7.91. The maximum Gasteiger partial charge on any atom is 0.416 e. The van der Waals surface area contributed by atoms with E-state index in [0.29, 0.717) is 48.1 Å². The summed E-state index contributed by atoms with van der Waals surface area (Å²) < 4.78 is 56.8. The minimum absolute atomic E-state index is 0.119. The summed E-state index contributed by atoms with van der Waals surface area (Å²) in [5.74, 6) is 0.264. The van der Waals surface area contributed by atoms with Crippen LogP contribution in [0.4, 0.5) is 19.0 Å². The van der Waals surface area contributed by atoms with Gasteiger partial charge in [0.2, 0.25) is 0 Å². The molecule has 1 aliphatic heterocycles. The van der Waals surface area contributed by atoms with Gasteiger partial charge >= 0.3 is 12.1 Å². The number of halogens is 3. The molecule has 1 aliphatic rings. The monoisotopic (exact) mass is 467 g/mol. The Morgan fingerprint density at radius 3 is 2.55 bits per heavy atom. The van der Waals surface area contributed by atoms with Crippen LogP contribution >= 0.6 is 0 Å². The lowest BCUT2D eigenvalue weighted by molar-refractivity contribution is -0.183. The SMILES string of the molecule is CC[C@@H](Nc1nc(C)nc(CC(=O)OC)c1C1OCCCO1)c1cccc(C(F)(F)F)c1C. The smallest absolute Gasteiger partial charge is 0.416 e. The van der Waals surface area contributed by atoms with Crippen molar-refractivity contribution in [3.8, 4) is 0 Å². The largest absolute Gasteiger partial charge is 0.469 e. The van der Waals surface area contributed by atoms with Crippen LogP contribution in [0.2, 0.25) is 0 Å². The van der Waals surface area contributed by atoms with Crippen LogP contribution in [0.15, 0.2) is 18.2 Å². The molecule has 0 unspecified atom stereocenters. The average molecular weight is 467 g/mol. The van der Waals surface area contributed by atoms with Gasteiger partial charge in [0.15, 0.2) is 6.29 Å². The highest BCUT2D eigenvalue weighted by Gasteiger charge is 2.34. The molecular formula is C23H28F3N3O4. The predicted octanol–water partition coefficient (Wildman–Crippen LogP) is 4.83. The Bertz CT molecular complexity index is 992. The Morgan fingerprint density at radius 1 is 1.24 bits per heavy atom. The van der Waals surface area contributed by atoms with Crippen molar-refractivity contribution in [2.24, 2.45) is 0 Å². The fraction of sp³-hybridized carbons (Fsp3) is 0.522. The number of ether oxygens (including phenoxy) is 3. The summed E-state index contributed by atoms with van der Waals surface area (Å²) in [4.78, 5) is 20.9. The Hall–Kier alpha value is -2.72. The zero-order chi connectivity index (χ0) is 24.2. The molecule has 1 fully saturated rings. The summed E-state index contributed by atoms with van der Waals surface area (Å²) in [6, 6.07) is 3.67. The number of alkyl halides is 3. The molecule has 0 bridgehead atoms. The van der Waals surface area contributed by atoms with Gasteiger partial charge in [-0.3, -0.25) is 4.79 Å². The van der Waals surface area contributed by atoms with Crippen molar-refractivity contribution in [2.75, 3.05) is 25.6 Å². The molecule has 0 aliphatic carbocycles. The van der Waals surface area contributed by atoms with E-state index in [9.17, 15) is 18.0 Å². The fourth-order valence-corrected chi connectivity index (χ4v) is 3.90. The maximum absolute atomic E-state index is 13.5. The Labute approximate surface area is 190 Å². The molecule has 1 atom stereocenters. The number of rotatable bonds is 7. The first kappa shape index (κ1) is 24.9. The molecule has 1 aromatic carbocycles. The minimum atomic E-state index is -4.45. The molecule has 0 amide bonds. The standard InChI is InChI=1S/C23H28F3N3O4/c1-5-17(15-8-6-9-16(13(15)2)23(24,25)26)29-21-20(22-32-10-7-11-33-22)18(12-19(30)31-4)27-14(3)28-21/h6,8-9,17,22H,5,7,10-12H2,1-4H3,(H,27,28,29)/t17-/m1/s1. The van der Waals surface area contributed by atoms with Gasteiger partial charge < -0.3 is 19.5 Å². The third-order valence-corrected chi connectivity index (χ3v) is 5.51. The molecule has 0 spiro atoms. The Balaban J connectivity index is 2.07. The molecule has 1 N–H and O–H groups in total. The second-order valence-corrected chi connectivity index (χ2v) is 7.78. The topological polar surface area (TPSA) is 82.6 Å². The maximum atomic E-state index is 13.5. The lowest BCUT2D eigenvalue weighted by atomic mass is 9.94. The highest BCUT2D eigenvalue weighted by atomic mass is 19.4. The number of hydrogen-bond acceptors (Lipinski definition) is 7. The minimum Gasteiger partial charge on any atom is -0.469 e. The van der Waals surface area contributed by atoms with E-state index in [2.05, 4.69) is 15.3 Å². The van der Waals surface area contributed by atoms with Gasteiger partial charge in [-0.25, -0.2) is 9.97 Å². The second kappa shape index (κ2) is 10.5. The molecule has 0 saturated carbocycles. The lowest BCUT2D eigenvalue weighted by Gasteiger charge is -2.29. The first-order valence-electron chi connectivity index (χ1n) is 10.8. The van der Waals surface area contributed by atoms with Crippen LogP contribution in [0.3, 0.4) is 0 Å².